The number of alkyl halides is 1. The van der Waals surface area contributed by atoms with Gasteiger partial charge < -0.3 is 9.47 Å². The Bertz CT molecular complexity index is 490. The lowest BCUT2D eigenvalue weighted by atomic mass is 10.1. The zero-order valence-corrected chi connectivity index (χ0v) is 12.7. The van der Waals surface area contributed by atoms with Gasteiger partial charge >= 0.3 is 0 Å². The number of sulfonamides is 1. The van der Waals surface area contributed by atoms with Crippen molar-refractivity contribution in [1.82, 2.24) is 4.72 Å². The van der Waals surface area contributed by atoms with Crippen molar-refractivity contribution in [2.24, 2.45) is 0 Å². The molecule has 0 amide bonds. The van der Waals surface area contributed by atoms with Crippen LogP contribution in [0.5, 0.6) is 11.5 Å². The molecule has 0 atom stereocenters. The molecule has 0 spiro atoms. The predicted molar refractivity (Wildman–Crippen MR) is 74.0 cm³/mol. The molecule has 18 heavy (non-hydrogen) atoms. The lowest BCUT2D eigenvalue weighted by Gasteiger charge is -2.09. The Morgan fingerprint density at radius 3 is 2.44 bits per heavy atom. The van der Waals surface area contributed by atoms with Gasteiger partial charge in [-0.2, -0.15) is 0 Å². The van der Waals surface area contributed by atoms with Gasteiger partial charge in [-0.3, -0.25) is 0 Å². The molecule has 1 aromatic carbocycles. The number of rotatable bonds is 7. The first kappa shape index (κ1) is 15.3. The molecule has 0 saturated heterocycles. The van der Waals surface area contributed by atoms with Gasteiger partial charge in [0.15, 0.2) is 11.5 Å². The second kappa shape index (κ2) is 6.96. The quantitative estimate of drug-likeness (QED) is 0.766. The smallest absolute Gasteiger partial charge is 0.221 e. The van der Waals surface area contributed by atoms with Crippen molar-refractivity contribution < 1.29 is 17.9 Å². The number of hydrogen-bond acceptors (Lipinski definition) is 4. The zero-order chi connectivity index (χ0) is 13.6. The molecule has 0 unspecified atom stereocenters. The summed E-state index contributed by atoms with van der Waals surface area (Å²) in [7, 11) is -0.0717. The minimum atomic E-state index is -3.21. The molecule has 1 rings (SSSR count). The topological polar surface area (TPSA) is 64.6 Å². The van der Waals surface area contributed by atoms with Crippen molar-refractivity contribution in [2.45, 2.75) is 6.42 Å². The molecular formula is C11H16BrNO4S. The third-order valence-corrected chi connectivity index (χ3v) is 5.07. The van der Waals surface area contributed by atoms with Crippen LogP contribution in [0.3, 0.4) is 0 Å². The number of halogens is 1. The number of ether oxygens (including phenoxy) is 2. The van der Waals surface area contributed by atoms with Crippen molar-refractivity contribution in [1.29, 1.82) is 0 Å². The van der Waals surface area contributed by atoms with E-state index in [4.69, 9.17) is 9.47 Å². The van der Waals surface area contributed by atoms with E-state index in [1.54, 1.807) is 20.3 Å². The molecule has 0 aliphatic carbocycles. The molecule has 0 aliphatic rings. The highest BCUT2D eigenvalue weighted by Crippen LogP contribution is 2.27. The molecule has 0 aromatic heterocycles. The molecule has 1 N–H and O–H groups in total. The van der Waals surface area contributed by atoms with E-state index < -0.39 is 10.0 Å². The van der Waals surface area contributed by atoms with Crippen LogP contribution < -0.4 is 14.2 Å². The van der Waals surface area contributed by atoms with Gasteiger partial charge in [0.2, 0.25) is 10.0 Å². The van der Waals surface area contributed by atoms with Crippen molar-refractivity contribution in [3.8, 4) is 11.5 Å². The lowest BCUT2D eigenvalue weighted by Crippen LogP contribution is -2.26. The maximum atomic E-state index is 11.2. The fraction of sp³-hybridized carbons (Fsp3) is 0.455. The molecule has 0 radical (unpaired) electrons. The van der Waals surface area contributed by atoms with Crippen molar-refractivity contribution in [3.05, 3.63) is 23.8 Å². The van der Waals surface area contributed by atoms with Crippen LogP contribution in [0, 0.1) is 0 Å². The normalized spacial score (nSPS) is 11.3. The predicted octanol–water partition coefficient (Wildman–Crippen LogP) is 1.52. The number of hydrogen-bond donors (Lipinski definition) is 1. The minimum Gasteiger partial charge on any atom is -0.493 e. The molecule has 102 valence electrons. The average molecular weight is 338 g/mol. The van der Waals surface area contributed by atoms with Gasteiger partial charge in [0.25, 0.3) is 0 Å². The standard InChI is InChI=1S/C11H16BrNO4S/c1-16-10-4-3-9(7-11(10)17-2)5-6-13-18(14,15)8-12/h3-4,7,13H,5-6,8H2,1-2H3. The van der Waals surface area contributed by atoms with Crippen LogP contribution in [0.25, 0.3) is 0 Å². The highest BCUT2D eigenvalue weighted by molar-refractivity contribution is 9.10. The van der Waals surface area contributed by atoms with Crippen molar-refractivity contribution in [3.63, 3.8) is 0 Å². The van der Waals surface area contributed by atoms with E-state index in [-0.39, 0.29) is 4.66 Å². The van der Waals surface area contributed by atoms with E-state index in [2.05, 4.69) is 20.7 Å². The largest absolute Gasteiger partial charge is 0.493 e. The van der Waals surface area contributed by atoms with Crippen LogP contribution in [-0.2, 0) is 16.4 Å². The first-order chi connectivity index (χ1) is 8.52. The molecule has 0 heterocycles. The van der Waals surface area contributed by atoms with E-state index in [1.165, 1.54) is 0 Å². The highest BCUT2D eigenvalue weighted by atomic mass is 79.9. The molecule has 1 aromatic rings. The second-order valence-corrected chi connectivity index (χ2v) is 6.67. The van der Waals surface area contributed by atoms with Gasteiger partial charge in [0.1, 0.15) is 4.66 Å². The lowest BCUT2D eigenvalue weighted by molar-refractivity contribution is 0.354. The van der Waals surface area contributed by atoms with Crippen LogP contribution in [0.15, 0.2) is 18.2 Å². The van der Waals surface area contributed by atoms with E-state index in [0.29, 0.717) is 24.5 Å². The van der Waals surface area contributed by atoms with E-state index in [1.807, 2.05) is 12.1 Å². The summed E-state index contributed by atoms with van der Waals surface area (Å²) in [5.41, 5.74) is 0.977. The summed E-state index contributed by atoms with van der Waals surface area (Å²) in [4.78, 5) is 0. The summed E-state index contributed by atoms with van der Waals surface area (Å²) >= 11 is 2.91. The SMILES string of the molecule is COc1ccc(CCNS(=O)(=O)CBr)cc1OC. The zero-order valence-electron chi connectivity index (χ0n) is 10.3. The fourth-order valence-corrected chi connectivity index (χ4v) is 2.40. The van der Waals surface area contributed by atoms with E-state index >= 15 is 0 Å². The maximum absolute atomic E-state index is 11.2. The van der Waals surface area contributed by atoms with Gasteiger partial charge in [-0.25, -0.2) is 13.1 Å². The minimum absolute atomic E-state index is 0.0913. The van der Waals surface area contributed by atoms with Gasteiger partial charge in [-0.15, -0.1) is 0 Å². The van der Waals surface area contributed by atoms with E-state index in [0.717, 1.165) is 5.56 Å². The van der Waals surface area contributed by atoms with Gasteiger partial charge in [-0.1, -0.05) is 22.0 Å². The summed E-state index contributed by atoms with van der Waals surface area (Å²) in [6.07, 6.45) is 0.590. The molecule has 0 bridgehead atoms. The highest BCUT2D eigenvalue weighted by Gasteiger charge is 2.08. The van der Waals surface area contributed by atoms with Crippen LogP contribution >= 0.6 is 15.9 Å². The molecule has 0 aliphatic heterocycles. The third kappa shape index (κ3) is 4.47. The number of methoxy groups -OCH3 is 2. The van der Waals surface area contributed by atoms with Gasteiger partial charge in [0.05, 0.1) is 14.2 Å². The molecular weight excluding hydrogens is 322 g/mol. The Morgan fingerprint density at radius 1 is 1.22 bits per heavy atom. The van der Waals surface area contributed by atoms with Crippen molar-refractivity contribution in [2.75, 3.05) is 25.4 Å². The second-order valence-electron chi connectivity index (χ2n) is 3.56. The number of benzene rings is 1. The Kier molecular flexibility index (Phi) is 5.90. The Balaban J connectivity index is 2.63. The van der Waals surface area contributed by atoms with Gasteiger partial charge in [0, 0.05) is 6.54 Å². The Morgan fingerprint density at radius 2 is 1.89 bits per heavy atom. The van der Waals surface area contributed by atoms with Crippen LogP contribution in [0.1, 0.15) is 5.56 Å². The summed E-state index contributed by atoms with van der Waals surface area (Å²) in [5, 5.41) is 0. The average Bonchev–Trinajstić information content (AvgIpc) is 2.38. The van der Waals surface area contributed by atoms with Crippen molar-refractivity contribution >= 4 is 26.0 Å². The van der Waals surface area contributed by atoms with Crippen LogP contribution in [-0.4, -0.2) is 33.8 Å². The Hall–Kier alpha value is -0.790. The maximum Gasteiger partial charge on any atom is 0.221 e. The molecule has 0 saturated carbocycles. The summed E-state index contributed by atoms with van der Waals surface area (Å²) in [5.74, 6) is 1.29. The third-order valence-electron chi connectivity index (χ3n) is 2.33. The summed E-state index contributed by atoms with van der Waals surface area (Å²) in [6, 6.07) is 5.51. The fourth-order valence-electron chi connectivity index (χ4n) is 1.43. The first-order valence-corrected chi connectivity index (χ1v) is 8.04. The number of nitrogens with one attached hydrogen (secondary N) is 1. The monoisotopic (exact) mass is 337 g/mol. The Labute approximate surface area is 116 Å². The van der Waals surface area contributed by atoms with Gasteiger partial charge in [-0.05, 0) is 24.1 Å². The van der Waals surface area contributed by atoms with Crippen LogP contribution in [0.4, 0.5) is 0 Å². The first-order valence-electron chi connectivity index (χ1n) is 5.26. The molecule has 7 heteroatoms. The molecule has 5 nitrogen and oxygen atoms in total. The molecule has 0 fully saturated rings. The van der Waals surface area contributed by atoms with E-state index in [9.17, 15) is 8.42 Å². The summed E-state index contributed by atoms with van der Waals surface area (Å²) in [6.45, 7) is 0.351. The summed E-state index contributed by atoms with van der Waals surface area (Å²) < 4.78 is 35.1. The van der Waals surface area contributed by atoms with Crippen LogP contribution in [0.2, 0.25) is 0 Å².